The number of nitrogens with two attached hydrogens (primary N) is 1. The van der Waals surface area contributed by atoms with Crippen LogP contribution in [0.25, 0.3) is 0 Å². The maximum Gasteiger partial charge on any atom is 0.237 e. The van der Waals surface area contributed by atoms with Crippen LogP contribution in [0.3, 0.4) is 0 Å². The third-order valence-corrected chi connectivity index (χ3v) is 4.46. The van der Waals surface area contributed by atoms with E-state index in [9.17, 15) is 4.79 Å². The summed E-state index contributed by atoms with van der Waals surface area (Å²) in [7, 11) is 0. The molecule has 0 saturated carbocycles. The molecular formula is C15H21N5OS. The van der Waals surface area contributed by atoms with Gasteiger partial charge in [0.1, 0.15) is 0 Å². The lowest BCUT2D eigenvalue weighted by Gasteiger charge is -2.17. The van der Waals surface area contributed by atoms with E-state index < -0.39 is 0 Å². The molecule has 0 aliphatic rings. The number of nitrogen functional groups attached to an aromatic ring is 1. The van der Waals surface area contributed by atoms with Crippen LogP contribution in [0, 0.1) is 0 Å². The van der Waals surface area contributed by atoms with Crippen LogP contribution < -0.4 is 11.1 Å². The number of benzene rings is 1. The molecule has 22 heavy (non-hydrogen) atoms. The number of anilines is 2. The van der Waals surface area contributed by atoms with Gasteiger partial charge in [0.2, 0.25) is 17.0 Å². The summed E-state index contributed by atoms with van der Waals surface area (Å²) in [4.78, 5) is 16.4. The molecule has 6 nitrogen and oxygen atoms in total. The van der Waals surface area contributed by atoms with E-state index in [2.05, 4.69) is 40.4 Å². The number of aromatic amines is 1. The molecule has 2 atom stereocenters. The molecule has 1 amide bonds. The molecule has 0 saturated heterocycles. The van der Waals surface area contributed by atoms with Gasteiger partial charge in [0.25, 0.3) is 0 Å². The second kappa shape index (κ2) is 7.31. The molecule has 118 valence electrons. The second-order valence-electron chi connectivity index (χ2n) is 5.15. The van der Waals surface area contributed by atoms with Gasteiger partial charge in [-0.25, -0.2) is 5.10 Å². The van der Waals surface area contributed by atoms with Crippen molar-refractivity contribution in [2.45, 2.75) is 43.5 Å². The summed E-state index contributed by atoms with van der Waals surface area (Å²) in [6.07, 6.45) is 1.02. The molecule has 7 heteroatoms. The average molecular weight is 319 g/mol. The molecule has 2 rings (SSSR count). The van der Waals surface area contributed by atoms with Crippen LogP contribution >= 0.6 is 11.8 Å². The number of nitrogens with one attached hydrogen (secondary N) is 2. The number of carbonyl (C=O) groups excluding carboxylic acids is 1. The molecule has 4 N–H and O–H groups in total. The van der Waals surface area contributed by atoms with Crippen molar-refractivity contribution in [3.8, 4) is 0 Å². The number of H-pyrrole nitrogens is 1. The van der Waals surface area contributed by atoms with E-state index in [4.69, 9.17) is 5.73 Å². The van der Waals surface area contributed by atoms with E-state index in [0.717, 1.165) is 17.7 Å². The summed E-state index contributed by atoms with van der Waals surface area (Å²) in [6, 6.07) is 7.90. The zero-order valence-electron chi connectivity index (χ0n) is 13.0. The first-order chi connectivity index (χ1) is 10.5. The molecule has 1 heterocycles. The van der Waals surface area contributed by atoms with Crippen molar-refractivity contribution in [1.29, 1.82) is 0 Å². The number of aromatic nitrogens is 3. The van der Waals surface area contributed by atoms with Crippen molar-refractivity contribution >= 4 is 29.3 Å². The first-order valence-electron chi connectivity index (χ1n) is 7.25. The van der Waals surface area contributed by atoms with Crippen LogP contribution in [-0.4, -0.2) is 26.3 Å². The van der Waals surface area contributed by atoms with Crippen LogP contribution in [0.4, 0.5) is 11.6 Å². The molecule has 1 aromatic heterocycles. The molecule has 0 bridgehead atoms. The third-order valence-electron chi connectivity index (χ3n) is 3.50. The van der Waals surface area contributed by atoms with Gasteiger partial charge in [-0.15, -0.1) is 5.10 Å². The normalized spacial score (nSPS) is 13.6. The van der Waals surface area contributed by atoms with Crippen LogP contribution in [0.5, 0.6) is 0 Å². The quantitative estimate of drug-likeness (QED) is 0.711. The summed E-state index contributed by atoms with van der Waals surface area (Å²) in [5, 5.41) is 9.63. The van der Waals surface area contributed by atoms with Gasteiger partial charge < -0.3 is 11.1 Å². The number of amides is 1. The number of para-hydroxylation sites is 1. The van der Waals surface area contributed by atoms with Crippen molar-refractivity contribution in [1.82, 2.24) is 15.2 Å². The molecule has 1 aromatic carbocycles. The number of hydrogen-bond acceptors (Lipinski definition) is 5. The molecule has 0 aliphatic heterocycles. The lowest BCUT2D eigenvalue weighted by molar-refractivity contribution is -0.115. The molecule has 0 fully saturated rings. The SMILES string of the molecule is CC[C@H](C)c1ccccc1NC(=O)[C@H](C)Sc1n[nH]c(N)n1. The van der Waals surface area contributed by atoms with Crippen molar-refractivity contribution < 1.29 is 4.79 Å². The van der Waals surface area contributed by atoms with Crippen molar-refractivity contribution in [2.75, 3.05) is 11.1 Å². The minimum Gasteiger partial charge on any atom is -0.368 e. The van der Waals surface area contributed by atoms with E-state index in [-0.39, 0.29) is 17.1 Å². The highest BCUT2D eigenvalue weighted by Gasteiger charge is 2.18. The maximum absolute atomic E-state index is 12.4. The van der Waals surface area contributed by atoms with Gasteiger partial charge in [0, 0.05) is 5.69 Å². The van der Waals surface area contributed by atoms with Gasteiger partial charge in [-0.05, 0) is 30.9 Å². The Morgan fingerprint density at radius 2 is 2.14 bits per heavy atom. The van der Waals surface area contributed by atoms with E-state index >= 15 is 0 Å². The van der Waals surface area contributed by atoms with Gasteiger partial charge in [-0.3, -0.25) is 4.79 Å². The summed E-state index contributed by atoms with van der Waals surface area (Å²) in [6.45, 7) is 6.10. The van der Waals surface area contributed by atoms with Crippen LogP contribution in [0.15, 0.2) is 29.4 Å². The molecule has 2 aromatic rings. The lowest BCUT2D eigenvalue weighted by atomic mass is 9.97. The Hall–Kier alpha value is -2.02. The Kier molecular flexibility index (Phi) is 5.43. The Morgan fingerprint density at radius 3 is 2.77 bits per heavy atom. The van der Waals surface area contributed by atoms with Crippen molar-refractivity contribution in [2.24, 2.45) is 0 Å². The van der Waals surface area contributed by atoms with E-state index in [1.807, 2.05) is 25.1 Å². The van der Waals surface area contributed by atoms with Gasteiger partial charge in [0.05, 0.1) is 5.25 Å². The third kappa shape index (κ3) is 4.00. The predicted octanol–water partition coefficient (Wildman–Crippen LogP) is 3.02. The molecule has 0 spiro atoms. The highest BCUT2D eigenvalue weighted by atomic mass is 32.2. The number of nitrogens with zero attached hydrogens (tertiary/aromatic N) is 2. The van der Waals surface area contributed by atoms with Crippen LogP contribution in [-0.2, 0) is 4.79 Å². The molecular weight excluding hydrogens is 298 g/mol. The summed E-state index contributed by atoms with van der Waals surface area (Å²) >= 11 is 1.27. The highest BCUT2D eigenvalue weighted by Crippen LogP contribution is 2.28. The maximum atomic E-state index is 12.4. The Labute approximate surface area is 134 Å². The molecule has 0 radical (unpaired) electrons. The Morgan fingerprint density at radius 1 is 1.41 bits per heavy atom. The fraction of sp³-hybridized carbons (Fsp3) is 0.400. The van der Waals surface area contributed by atoms with E-state index in [0.29, 0.717) is 11.1 Å². The Bertz CT molecular complexity index is 642. The smallest absolute Gasteiger partial charge is 0.237 e. The monoisotopic (exact) mass is 319 g/mol. The standard InChI is InChI=1S/C15H21N5OS/c1-4-9(2)11-7-5-6-8-12(11)17-13(21)10(3)22-15-18-14(16)19-20-15/h5-10H,4H2,1-3H3,(H,17,21)(H3,16,18,19,20)/t9-,10-/m0/s1. The highest BCUT2D eigenvalue weighted by molar-refractivity contribution is 8.00. The van der Waals surface area contributed by atoms with Crippen molar-refractivity contribution in [3.63, 3.8) is 0 Å². The zero-order chi connectivity index (χ0) is 16.1. The number of rotatable bonds is 6. The van der Waals surface area contributed by atoms with E-state index in [1.54, 1.807) is 0 Å². The first-order valence-corrected chi connectivity index (χ1v) is 8.13. The second-order valence-corrected chi connectivity index (χ2v) is 6.46. The predicted molar refractivity (Wildman–Crippen MR) is 89.9 cm³/mol. The fourth-order valence-corrected chi connectivity index (χ4v) is 2.75. The zero-order valence-corrected chi connectivity index (χ0v) is 13.8. The average Bonchev–Trinajstić information content (AvgIpc) is 2.92. The fourth-order valence-electron chi connectivity index (χ4n) is 2.02. The first kappa shape index (κ1) is 16.4. The lowest BCUT2D eigenvalue weighted by Crippen LogP contribution is -2.23. The van der Waals surface area contributed by atoms with Crippen molar-refractivity contribution in [3.05, 3.63) is 29.8 Å². The largest absolute Gasteiger partial charge is 0.368 e. The van der Waals surface area contributed by atoms with E-state index in [1.165, 1.54) is 11.8 Å². The number of thioether (sulfide) groups is 1. The summed E-state index contributed by atoms with van der Waals surface area (Å²) < 4.78 is 0. The number of carbonyl (C=O) groups is 1. The Balaban J connectivity index is 2.05. The molecule has 0 unspecified atom stereocenters. The summed E-state index contributed by atoms with van der Waals surface area (Å²) in [5.74, 6) is 0.564. The molecule has 0 aliphatic carbocycles. The van der Waals surface area contributed by atoms with Gasteiger partial charge in [-0.1, -0.05) is 43.8 Å². The number of hydrogen-bond donors (Lipinski definition) is 3. The minimum absolute atomic E-state index is 0.0795. The van der Waals surface area contributed by atoms with Crippen LogP contribution in [0.1, 0.15) is 38.7 Å². The minimum atomic E-state index is -0.319. The van der Waals surface area contributed by atoms with Gasteiger partial charge in [-0.2, -0.15) is 4.98 Å². The summed E-state index contributed by atoms with van der Waals surface area (Å²) in [5.41, 5.74) is 7.49. The van der Waals surface area contributed by atoms with Gasteiger partial charge in [0.15, 0.2) is 0 Å². The topological polar surface area (TPSA) is 96.7 Å². The van der Waals surface area contributed by atoms with Crippen LogP contribution in [0.2, 0.25) is 0 Å². The van der Waals surface area contributed by atoms with Gasteiger partial charge >= 0.3 is 0 Å².